The molecule has 1 aromatic carbocycles. The van der Waals surface area contributed by atoms with Crippen LogP contribution in [0, 0.1) is 0 Å². The van der Waals surface area contributed by atoms with E-state index in [9.17, 15) is 4.79 Å². The number of thioether (sulfide) groups is 1. The largest absolute Gasteiger partial charge is 0.480 e. The molecule has 16 heavy (non-hydrogen) atoms. The average molecular weight is 280 g/mol. The van der Waals surface area contributed by atoms with Gasteiger partial charge in [-0.3, -0.25) is 4.79 Å². The van der Waals surface area contributed by atoms with E-state index in [0.29, 0.717) is 21.6 Å². The van der Waals surface area contributed by atoms with Crippen LogP contribution in [0.15, 0.2) is 18.2 Å². The lowest BCUT2D eigenvalue weighted by molar-refractivity contribution is -0.137. The molecule has 1 aromatic rings. The zero-order chi connectivity index (χ0) is 12.1. The topological polar surface area (TPSA) is 63.3 Å². The van der Waals surface area contributed by atoms with Crippen LogP contribution in [0.2, 0.25) is 10.0 Å². The standard InChI is InChI=1S/C10H11Cl2NO2S/c11-7-2-1-6(3-8(7)12)4-16-5-9(13)10(14)15/h1-3,9H,4-5,13H2,(H,14,15)/t9-/m1/s1. The number of rotatable bonds is 5. The van der Waals surface area contributed by atoms with Crippen LogP contribution in [0.1, 0.15) is 5.56 Å². The first-order chi connectivity index (χ1) is 7.50. The van der Waals surface area contributed by atoms with E-state index < -0.39 is 12.0 Å². The highest BCUT2D eigenvalue weighted by atomic mass is 35.5. The Labute approximate surface area is 108 Å². The second-order valence-corrected chi connectivity index (χ2v) is 5.05. The first-order valence-electron chi connectivity index (χ1n) is 4.50. The zero-order valence-electron chi connectivity index (χ0n) is 8.32. The predicted molar refractivity (Wildman–Crippen MR) is 68.2 cm³/mol. The van der Waals surface area contributed by atoms with Crippen molar-refractivity contribution in [3.05, 3.63) is 33.8 Å². The van der Waals surface area contributed by atoms with Crippen molar-refractivity contribution >= 4 is 40.9 Å². The van der Waals surface area contributed by atoms with Crippen LogP contribution in [-0.4, -0.2) is 22.9 Å². The molecule has 0 aliphatic rings. The van der Waals surface area contributed by atoms with Crippen molar-refractivity contribution in [2.45, 2.75) is 11.8 Å². The molecule has 0 aliphatic carbocycles. The Balaban J connectivity index is 2.43. The van der Waals surface area contributed by atoms with Crippen molar-refractivity contribution in [2.24, 2.45) is 5.73 Å². The summed E-state index contributed by atoms with van der Waals surface area (Å²) in [5.74, 6) is 0.0506. The highest BCUT2D eigenvalue weighted by Gasteiger charge is 2.10. The maximum Gasteiger partial charge on any atom is 0.321 e. The molecular formula is C10H11Cl2NO2S. The van der Waals surface area contributed by atoms with Crippen molar-refractivity contribution < 1.29 is 9.90 Å². The second-order valence-electron chi connectivity index (χ2n) is 3.21. The molecule has 0 aromatic heterocycles. The summed E-state index contributed by atoms with van der Waals surface area (Å²) in [7, 11) is 0. The number of halogens is 2. The van der Waals surface area contributed by atoms with E-state index in [0.717, 1.165) is 5.56 Å². The van der Waals surface area contributed by atoms with Gasteiger partial charge in [0.15, 0.2) is 0 Å². The molecule has 3 N–H and O–H groups in total. The molecule has 0 fully saturated rings. The Bertz CT molecular complexity index is 387. The third kappa shape index (κ3) is 4.22. The molecule has 0 unspecified atom stereocenters. The SMILES string of the molecule is N[C@H](CSCc1ccc(Cl)c(Cl)c1)C(=O)O. The molecule has 0 aliphatic heterocycles. The van der Waals surface area contributed by atoms with Crippen molar-refractivity contribution in [3.8, 4) is 0 Å². The van der Waals surface area contributed by atoms with Gasteiger partial charge in [-0.2, -0.15) is 11.8 Å². The van der Waals surface area contributed by atoms with Crippen molar-refractivity contribution in [1.82, 2.24) is 0 Å². The normalized spacial score (nSPS) is 12.4. The summed E-state index contributed by atoms with van der Waals surface area (Å²) < 4.78 is 0. The molecule has 0 spiro atoms. The van der Waals surface area contributed by atoms with Gasteiger partial charge in [0.2, 0.25) is 0 Å². The Hall–Kier alpha value is -0.420. The van der Waals surface area contributed by atoms with Crippen LogP contribution in [0.4, 0.5) is 0 Å². The summed E-state index contributed by atoms with van der Waals surface area (Å²) in [6.07, 6.45) is 0. The number of carboxylic acid groups (broad SMARTS) is 1. The van der Waals surface area contributed by atoms with Crippen molar-refractivity contribution in [3.63, 3.8) is 0 Å². The fourth-order valence-corrected chi connectivity index (χ4v) is 2.25. The van der Waals surface area contributed by atoms with Gasteiger partial charge in [-0.15, -0.1) is 0 Å². The summed E-state index contributed by atoms with van der Waals surface area (Å²) >= 11 is 13.1. The average Bonchev–Trinajstić information content (AvgIpc) is 2.23. The lowest BCUT2D eigenvalue weighted by Crippen LogP contribution is -2.32. The minimum Gasteiger partial charge on any atom is -0.480 e. The molecule has 1 atom stereocenters. The van der Waals surface area contributed by atoms with E-state index in [2.05, 4.69) is 0 Å². The Morgan fingerprint density at radius 2 is 2.12 bits per heavy atom. The van der Waals surface area contributed by atoms with E-state index in [1.807, 2.05) is 6.07 Å². The second kappa shape index (κ2) is 6.35. The number of benzene rings is 1. The first kappa shape index (κ1) is 13.6. The Morgan fingerprint density at radius 1 is 1.44 bits per heavy atom. The quantitative estimate of drug-likeness (QED) is 0.870. The van der Waals surface area contributed by atoms with Crippen LogP contribution in [-0.2, 0) is 10.5 Å². The van der Waals surface area contributed by atoms with Crippen LogP contribution in [0.3, 0.4) is 0 Å². The van der Waals surface area contributed by atoms with Gasteiger partial charge < -0.3 is 10.8 Å². The van der Waals surface area contributed by atoms with E-state index >= 15 is 0 Å². The number of aliphatic carboxylic acids is 1. The minimum atomic E-state index is -0.985. The monoisotopic (exact) mass is 279 g/mol. The van der Waals surface area contributed by atoms with E-state index in [1.54, 1.807) is 12.1 Å². The smallest absolute Gasteiger partial charge is 0.321 e. The highest BCUT2D eigenvalue weighted by molar-refractivity contribution is 7.98. The minimum absolute atomic E-state index is 0.371. The van der Waals surface area contributed by atoms with Crippen molar-refractivity contribution in [2.75, 3.05) is 5.75 Å². The maximum absolute atomic E-state index is 10.5. The van der Waals surface area contributed by atoms with Crippen LogP contribution in [0.25, 0.3) is 0 Å². The Morgan fingerprint density at radius 3 is 2.69 bits per heavy atom. The summed E-state index contributed by atoms with van der Waals surface area (Å²) in [5, 5.41) is 9.60. The molecular weight excluding hydrogens is 269 g/mol. The maximum atomic E-state index is 10.5. The van der Waals surface area contributed by atoms with Gasteiger partial charge in [0.1, 0.15) is 6.04 Å². The number of carboxylic acids is 1. The zero-order valence-corrected chi connectivity index (χ0v) is 10.6. The predicted octanol–water partition coefficient (Wildman–Crippen LogP) is 2.64. The summed E-state index contributed by atoms with van der Waals surface area (Å²) in [4.78, 5) is 10.5. The lowest BCUT2D eigenvalue weighted by atomic mass is 10.2. The third-order valence-electron chi connectivity index (χ3n) is 1.87. The summed E-state index contributed by atoms with van der Waals surface area (Å²) in [6, 6.07) is 4.51. The van der Waals surface area contributed by atoms with E-state index in [1.165, 1.54) is 11.8 Å². The van der Waals surface area contributed by atoms with E-state index in [4.69, 9.17) is 34.0 Å². The molecule has 0 amide bonds. The molecule has 0 saturated carbocycles. The van der Waals surface area contributed by atoms with Gasteiger partial charge >= 0.3 is 5.97 Å². The third-order valence-corrected chi connectivity index (χ3v) is 3.74. The van der Waals surface area contributed by atoms with Crippen LogP contribution < -0.4 is 5.73 Å². The van der Waals surface area contributed by atoms with Crippen molar-refractivity contribution in [1.29, 1.82) is 0 Å². The fourth-order valence-electron chi connectivity index (χ4n) is 1.00. The lowest BCUT2D eigenvalue weighted by Gasteiger charge is -2.06. The van der Waals surface area contributed by atoms with Crippen LogP contribution in [0.5, 0.6) is 0 Å². The van der Waals surface area contributed by atoms with Gasteiger partial charge in [0.05, 0.1) is 10.0 Å². The van der Waals surface area contributed by atoms with Gasteiger partial charge in [-0.25, -0.2) is 0 Å². The van der Waals surface area contributed by atoms with Gasteiger partial charge in [0.25, 0.3) is 0 Å². The van der Waals surface area contributed by atoms with E-state index in [-0.39, 0.29) is 0 Å². The summed E-state index contributed by atoms with van der Waals surface area (Å²) in [5.41, 5.74) is 6.36. The number of hydrogen-bond donors (Lipinski definition) is 2. The van der Waals surface area contributed by atoms with Gasteiger partial charge in [-0.05, 0) is 17.7 Å². The highest BCUT2D eigenvalue weighted by Crippen LogP contribution is 2.24. The van der Waals surface area contributed by atoms with Gasteiger partial charge in [0, 0.05) is 11.5 Å². The van der Waals surface area contributed by atoms with Crippen LogP contribution >= 0.6 is 35.0 Å². The summed E-state index contributed by atoms with van der Waals surface area (Å²) in [6.45, 7) is 0. The molecule has 3 nitrogen and oxygen atoms in total. The molecule has 1 rings (SSSR count). The number of hydrogen-bond acceptors (Lipinski definition) is 3. The molecule has 6 heteroatoms. The molecule has 0 saturated heterocycles. The number of carbonyl (C=O) groups is 1. The first-order valence-corrected chi connectivity index (χ1v) is 6.42. The molecule has 0 radical (unpaired) electrons. The number of nitrogens with two attached hydrogens (primary N) is 1. The molecule has 0 bridgehead atoms. The molecule has 0 heterocycles. The molecule has 88 valence electrons. The Kier molecular flexibility index (Phi) is 5.41. The van der Waals surface area contributed by atoms with Gasteiger partial charge in [-0.1, -0.05) is 29.3 Å². The fraction of sp³-hybridized carbons (Fsp3) is 0.300.